The minimum Gasteiger partial charge on any atom is -0.496 e. The lowest BCUT2D eigenvalue weighted by Crippen LogP contribution is -2.14. The Morgan fingerprint density at radius 3 is 1.94 bits per heavy atom. The molecular formula is C14H20O3. The summed E-state index contributed by atoms with van der Waals surface area (Å²) in [6, 6.07) is 3.64. The van der Waals surface area contributed by atoms with Crippen LogP contribution in [0.3, 0.4) is 0 Å². The summed E-state index contributed by atoms with van der Waals surface area (Å²) in [5, 5.41) is 0. The van der Waals surface area contributed by atoms with Crippen molar-refractivity contribution in [3.05, 3.63) is 23.3 Å². The van der Waals surface area contributed by atoms with Gasteiger partial charge in [-0.15, -0.1) is 0 Å². The average molecular weight is 236 g/mol. The fourth-order valence-corrected chi connectivity index (χ4v) is 1.76. The van der Waals surface area contributed by atoms with Crippen molar-refractivity contribution < 1.29 is 14.3 Å². The summed E-state index contributed by atoms with van der Waals surface area (Å²) in [7, 11) is 3.18. The van der Waals surface area contributed by atoms with Gasteiger partial charge in [-0.2, -0.15) is 0 Å². The Hall–Kier alpha value is -1.51. The van der Waals surface area contributed by atoms with Crippen molar-refractivity contribution >= 4 is 5.78 Å². The maximum atomic E-state index is 11.5. The van der Waals surface area contributed by atoms with E-state index in [1.165, 1.54) is 6.92 Å². The first-order valence-electron chi connectivity index (χ1n) is 5.58. The molecule has 1 aromatic carbocycles. The molecule has 0 N–H and O–H groups in total. The number of carbonyl (C=O) groups excluding carboxylic acids is 1. The highest BCUT2D eigenvalue weighted by Crippen LogP contribution is 2.36. The number of ether oxygens (including phenoxy) is 2. The zero-order chi connectivity index (χ0) is 13.2. The normalized spacial score (nSPS) is 11.2. The molecule has 0 saturated carbocycles. The van der Waals surface area contributed by atoms with Crippen LogP contribution in [0.5, 0.6) is 11.5 Å². The summed E-state index contributed by atoms with van der Waals surface area (Å²) in [6.45, 7) is 7.81. The van der Waals surface area contributed by atoms with Crippen molar-refractivity contribution in [2.75, 3.05) is 14.2 Å². The third kappa shape index (κ3) is 2.78. The number of carbonyl (C=O) groups is 1. The lowest BCUT2D eigenvalue weighted by Gasteiger charge is -2.23. The topological polar surface area (TPSA) is 35.5 Å². The van der Waals surface area contributed by atoms with Crippen LogP contribution in [-0.2, 0) is 5.41 Å². The summed E-state index contributed by atoms with van der Waals surface area (Å²) < 4.78 is 10.6. The second-order valence-electron chi connectivity index (χ2n) is 5.06. The predicted octanol–water partition coefficient (Wildman–Crippen LogP) is 3.20. The third-order valence-electron chi connectivity index (χ3n) is 2.71. The van der Waals surface area contributed by atoms with E-state index in [1.807, 2.05) is 6.07 Å². The molecule has 0 bridgehead atoms. The van der Waals surface area contributed by atoms with Gasteiger partial charge in [-0.05, 0) is 24.5 Å². The van der Waals surface area contributed by atoms with Gasteiger partial charge in [-0.25, -0.2) is 0 Å². The second-order valence-corrected chi connectivity index (χ2v) is 5.06. The van der Waals surface area contributed by atoms with Crippen LogP contribution in [0.4, 0.5) is 0 Å². The molecule has 0 unspecified atom stereocenters. The van der Waals surface area contributed by atoms with Crippen LogP contribution < -0.4 is 9.47 Å². The van der Waals surface area contributed by atoms with Gasteiger partial charge >= 0.3 is 0 Å². The molecule has 0 heterocycles. The highest BCUT2D eigenvalue weighted by Gasteiger charge is 2.22. The second kappa shape index (κ2) is 4.78. The van der Waals surface area contributed by atoms with Gasteiger partial charge in [0.1, 0.15) is 11.5 Å². The van der Waals surface area contributed by atoms with Gasteiger partial charge < -0.3 is 9.47 Å². The molecule has 1 rings (SSSR count). The Kier molecular flexibility index (Phi) is 3.81. The zero-order valence-corrected chi connectivity index (χ0v) is 11.4. The van der Waals surface area contributed by atoms with E-state index in [0.29, 0.717) is 11.3 Å². The first-order chi connectivity index (χ1) is 7.81. The molecule has 0 radical (unpaired) electrons. The SMILES string of the molecule is COc1cc(C(C)(C)C)c(OC)cc1C(C)=O. The lowest BCUT2D eigenvalue weighted by atomic mass is 9.85. The number of hydrogen-bond acceptors (Lipinski definition) is 3. The molecule has 0 aliphatic carbocycles. The maximum Gasteiger partial charge on any atom is 0.163 e. The van der Waals surface area contributed by atoms with Crippen molar-refractivity contribution in [3.8, 4) is 11.5 Å². The standard InChI is InChI=1S/C14H20O3/c1-9(15)10-7-13(17-6)11(14(2,3)4)8-12(10)16-5/h7-8H,1-6H3. The summed E-state index contributed by atoms with van der Waals surface area (Å²) in [5.41, 5.74) is 1.52. The van der Waals surface area contributed by atoms with E-state index in [-0.39, 0.29) is 11.2 Å². The largest absolute Gasteiger partial charge is 0.496 e. The van der Waals surface area contributed by atoms with Crippen LogP contribution in [0.25, 0.3) is 0 Å². The van der Waals surface area contributed by atoms with Gasteiger partial charge in [0.05, 0.1) is 19.8 Å². The highest BCUT2D eigenvalue weighted by atomic mass is 16.5. The third-order valence-corrected chi connectivity index (χ3v) is 2.71. The first kappa shape index (κ1) is 13.6. The number of benzene rings is 1. The van der Waals surface area contributed by atoms with Crippen LogP contribution >= 0.6 is 0 Å². The van der Waals surface area contributed by atoms with Crippen LogP contribution in [-0.4, -0.2) is 20.0 Å². The maximum absolute atomic E-state index is 11.5. The van der Waals surface area contributed by atoms with Gasteiger partial charge in [0.2, 0.25) is 0 Å². The summed E-state index contributed by atoms with van der Waals surface area (Å²) >= 11 is 0. The van der Waals surface area contributed by atoms with Crippen molar-refractivity contribution in [1.29, 1.82) is 0 Å². The van der Waals surface area contributed by atoms with Gasteiger partial charge in [-0.3, -0.25) is 4.79 Å². The molecule has 0 spiro atoms. The van der Waals surface area contributed by atoms with Crippen molar-refractivity contribution in [2.24, 2.45) is 0 Å². The molecule has 0 amide bonds. The van der Waals surface area contributed by atoms with Gasteiger partial charge in [0.15, 0.2) is 5.78 Å². The monoisotopic (exact) mass is 236 g/mol. The van der Waals surface area contributed by atoms with Gasteiger partial charge in [0.25, 0.3) is 0 Å². The fraction of sp³-hybridized carbons (Fsp3) is 0.500. The molecule has 94 valence electrons. The van der Waals surface area contributed by atoms with Crippen molar-refractivity contribution in [1.82, 2.24) is 0 Å². The first-order valence-corrected chi connectivity index (χ1v) is 5.58. The zero-order valence-electron chi connectivity index (χ0n) is 11.4. The predicted molar refractivity (Wildman–Crippen MR) is 68.3 cm³/mol. The molecule has 0 aromatic heterocycles. The highest BCUT2D eigenvalue weighted by molar-refractivity contribution is 5.97. The molecule has 0 fully saturated rings. The quantitative estimate of drug-likeness (QED) is 0.756. The van der Waals surface area contributed by atoms with Crippen LogP contribution in [0.2, 0.25) is 0 Å². The van der Waals surface area contributed by atoms with Crippen LogP contribution in [0.15, 0.2) is 12.1 Å². The van der Waals surface area contributed by atoms with E-state index < -0.39 is 0 Å². The Morgan fingerprint density at radius 1 is 1.06 bits per heavy atom. The van der Waals surface area contributed by atoms with E-state index in [0.717, 1.165) is 11.3 Å². The van der Waals surface area contributed by atoms with Crippen molar-refractivity contribution in [2.45, 2.75) is 33.1 Å². The van der Waals surface area contributed by atoms with E-state index >= 15 is 0 Å². The summed E-state index contributed by atoms with van der Waals surface area (Å²) in [4.78, 5) is 11.5. The lowest BCUT2D eigenvalue weighted by molar-refractivity contribution is 0.101. The molecule has 3 heteroatoms. The summed E-state index contributed by atoms with van der Waals surface area (Å²) in [5.74, 6) is 1.30. The van der Waals surface area contributed by atoms with E-state index in [1.54, 1.807) is 20.3 Å². The minimum atomic E-state index is -0.0616. The minimum absolute atomic E-state index is 0.0272. The van der Waals surface area contributed by atoms with Gasteiger partial charge in [-0.1, -0.05) is 20.8 Å². The molecule has 3 nitrogen and oxygen atoms in total. The van der Waals surface area contributed by atoms with Crippen molar-refractivity contribution in [3.63, 3.8) is 0 Å². The Labute approximate surface area is 103 Å². The molecule has 0 aliphatic heterocycles. The van der Waals surface area contributed by atoms with Crippen LogP contribution in [0, 0.1) is 0 Å². The number of Topliss-reactive ketones (excluding diaryl/α,β-unsaturated/α-hetero) is 1. The molecule has 0 atom stereocenters. The molecule has 0 saturated heterocycles. The molecule has 17 heavy (non-hydrogen) atoms. The molecule has 0 aliphatic rings. The number of hydrogen-bond donors (Lipinski definition) is 0. The molecular weight excluding hydrogens is 216 g/mol. The smallest absolute Gasteiger partial charge is 0.163 e. The Bertz CT molecular complexity index is 428. The van der Waals surface area contributed by atoms with E-state index in [9.17, 15) is 4.79 Å². The average Bonchev–Trinajstić information content (AvgIpc) is 2.25. The molecule has 1 aromatic rings. The van der Waals surface area contributed by atoms with Crippen LogP contribution in [0.1, 0.15) is 43.6 Å². The number of methoxy groups -OCH3 is 2. The Balaban J connectivity index is 3.49. The number of ketones is 1. The van der Waals surface area contributed by atoms with Gasteiger partial charge in [0, 0.05) is 5.56 Å². The number of rotatable bonds is 3. The van der Waals surface area contributed by atoms with E-state index in [2.05, 4.69) is 20.8 Å². The van der Waals surface area contributed by atoms with E-state index in [4.69, 9.17) is 9.47 Å². The fourth-order valence-electron chi connectivity index (χ4n) is 1.76. The Morgan fingerprint density at radius 2 is 1.59 bits per heavy atom. The summed E-state index contributed by atoms with van der Waals surface area (Å²) in [6.07, 6.45) is 0.